The van der Waals surface area contributed by atoms with Gasteiger partial charge in [-0.05, 0) is 88.1 Å². The average Bonchev–Trinajstić information content (AvgIpc) is 3.23. The van der Waals surface area contributed by atoms with Crippen molar-refractivity contribution in [2.45, 2.75) is 112 Å². The lowest BCUT2D eigenvalue weighted by Crippen LogP contribution is -2.58. The van der Waals surface area contributed by atoms with E-state index in [2.05, 4.69) is 86.1 Å². The first kappa shape index (κ1) is 21.6. The van der Waals surface area contributed by atoms with Crippen molar-refractivity contribution in [1.82, 2.24) is 9.80 Å². The normalized spacial score (nSPS) is 41.7. The lowest BCUT2D eigenvalue weighted by atomic mass is 9.70. The molecular weight excluding hydrogens is 328 g/mol. The number of hydrogen-bond acceptors (Lipinski definition) is 2. The number of piperidine rings is 1. The van der Waals surface area contributed by atoms with Crippen molar-refractivity contribution >= 4 is 0 Å². The van der Waals surface area contributed by atoms with Crippen LogP contribution in [0.4, 0.5) is 0 Å². The predicted molar refractivity (Wildman–Crippen MR) is 118 cm³/mol. The highest BCUT2D eigenvalue weighted by Crippen LogP contribution is 2.57. The predicted octanol–water partition coefficient (Wildman–Crippen LogP) is 5.91. The SMILES string of the molecule is C[C@@H]1[C@@H](C(C)(C)C)N(C)C(CC(C)(C)[C@@H]2[C@H]3CC3CCN2C(C)(C)C)[C@@H]1C. The monoisotopic (exact) mass is 376 g/mol. The van der Waals surface area contributed by atoms with Crippen LogP contribution < -0.4 is 0 Å². The Balaban J connectivity index is 1.83. The van der Waals surface area contributed by atoms with Gasteiger partial charge in [0.15, 0.2) is 0 Å². The molecule has 27 heavy (non-hydrogen) atoms. The van der Waals surface area contributed by atoms with Crippen molar-refractivity contribution in [3.05, 3.63) is 0 Å². The van der Waals surface area contributed by atoms with Crippen LogP contribution in [0.25, 0.3) is 0 Å². The molecule has 0 aromatic carbocycles. The summed E-state index contributed by atoms with van der Waals surface area (Å²) in [7, 11) is 2.42. The Bertz CT molecular complexity index is 538. The van der Waals surface area contributed by atoms with Gasteiger partial charge in [-0.15, -0.1) is 0 Å². The number of rotatable bonds is 3. The average molecular weight is 377 g/mol. The maximum Gasteiger partial charge on any atom is 0.0183 e. The molecule has 2 saturated heterocycles. The van der Waals surface area contributed by atoms with E-state index in [4.69, 9.17) is 0 Å². The van der Waals surface area contributed by atoms with Gasteiger partial charge in [0.2, 0.25) is 0 Å². The van der Waals surface area contributed by atoms with Gasteiger partial charge < -0.3 is 0 Å². The summed E-state index contributed by atoms with van der Waals surface area (Å²) >= 11 is 0. The number of hydrogen-bond donors (Lipinski definition) is 0. The molecule has 1 saturated carbocycles. The fourth-order valence-electron chi connectivity index (χ4n) is 7.39. The van der Waals surface area contributed by atoms with Crippen molar-refractivity contribution in [1.29, 1.82) is 0 Å². The first-order chi connectivity index (χ1) is 12.2. The van der Waals surface area contributed by atoms with E-state index >= 15 is 0 Å². The van der Waals surface area contributed by atoms with Gasteiger partial charge in [-0.25, -0.2) is 0 Å². The molecule has 2 aliphatic heterocycles. The fraction of sp³-hybridized carbons (Fsp3) is 1.00. The van der Waals surface area contributed by atoms with Crippen molar-refractivity contribution in [3.8, 4) is 0 Å². The number of likely N-dealkylation sites (tertiary alicyclic amines) is 2. The van der Waals surface area contributed by atoms with Crippen molar-refractivity contribution in [2.24, 2.45) is 34.5 Å². The molecule has 0 aromatic rings. The van der Waals surface area contributed by atoms with E-state index in [9.17, 15) is 0 Å². The van der Waals surface area contributed by atoms with Crippen molar-refractivity contribution in [2.75, 3.05) is 13.6 Å². The molecule has 0 radical (unpaired) electrons. The van der Waals surface area contributed by atoms with E-state index in [1.165, 1.54) is 25.8 Å². The Kier molecular flexibility index (Phi) is 5.39. The van der Waals surface area contributed by atoms with Gasteiger partial charge in [0.25, 0.3) is 0 Å². The van der Waals surface area contributed by atoms with E-state index in [0.29, 0.717) is 22.9 Å². The summed E-state index contributed by atoms with van der Waals surface area (Å²) < 4.78 is 0. The zero-order valence-electron chi connectivity index (χ0n) is 20.3. The molecule has 158 valence electrons. The Morgan fingerprint density at radius 3 is 1.93 bits per heavy atom. The van der Waals surface area contributed by atoms with Gasteiger partial charge >= 0.3 is 0 Å². The molecule has 3 fully saturated rings. The molecule has 1 aliphatic carbocycles. The first-order valence-corrected chi connectivity index (χ1v) is 11.6. The minimum absolute atomic E-state index is 0.282. The van der Waals surface area contributed by atoms with Crippen LogP contribution in [-0.4, -0.2) is 47.1 Å². The highest BCUT2D eigenvalue weighted by Gasteiger charge is 2.57. The third-order valence-electron chi connectivity index (χ3n) is 8.64. The molecule has 0 bridgehead atoms. The van der Waals surface area contributed by atoms with Crippen LogP contribution in [0.2, 0.25) is 0 Å². The van der Waals surface area contributed by atoms with Crippen LogP contribution in [0.1, 0.15) is 88.5 Å². The molecule has 3 aliphatic rings. The molecule has 2 heteroatoms. The summed E-state index contributed by atoms with van der Waals surface area (Å²) in [6.45, 7) is 26.1. The minimum Gasteiger partial charge on any atom is -0.299 e. The maximum absolute atomic E-state index is 2.88. The summed E-state index contributed by atoms with van der Waals surface area (Å²) in [5.41, 5.74) is 1.00. The summed E-state index contributed by atoms with van der Waals surface area (Å²) in [5.74, 6) is 3.52. The molecular formula is C25H48N2. The molecule has 0 spiro atoms. The highest BCUT2D eigenvalue weighted by atomic mass is 15.3. The molecule has 2 heterocycles. The molecule has 2 unspecified atom stereocenters. The standard InChI is InChI=1S/C25H48N2/c1-16-17(2)21(23(3,4)5)26(11)20(16)15-25(9,10)22-19-14-18(19)12-13-27(22)24(6,7)8/h16-22H,12-15H2,1-11H3/t16-,17+,18?,19+,20?,21+,22+/m1/s1. The lowest BCUT2D eigenvalue weighted by Gasteiger charge is -2.52. The van der Waals surface area contributed by atoms with Crippen LogP contribution in [0, 0.1) is 34.5 Å². The van der Waals surface area contributed by atoms with Crippen molar-refractivity contribution < 1.29 is 0 Å². The van der Waals surface area contributed by atoms with Crippen LogP contribution in [0.3, 0.4) is 0 Å². The van der Waals surface area contributed by atoms with E-state index in [1.54, 1.807) is 0 Å². The first-order valence-electron chi connectivity index (χ1n) is 11.6. The quantitative estimate of drug-likeness (QED) is 0.604. The lowest BCUT2D eigenvalue weighted by molar-refractivity contribution is -0.0333. The molecule has 7 atom stereocenters. The van der Waals surface area contributed by atoms with E-state index in [-0.39, 0.29) is 5.54 Å². The number of nitrogens with zero attached hydrogens (tertiary/aromatic N) is 2. The van der Waals surface area contributed by atoms with Gasteiger partial charge in [-0.1, -0.05) is 48.5 Å². The van der Waals surface area contributed by atoms with E-state index in [1.807, 2.05) is 0 Å². The van der Waals surface area contributed by atoms with Crippen LogP contribution in [0.5, 0.6) is 0 Å². The van der Waals surface area contributed by atoms with E-state index < -0.39 is 0 Å². The zero-order chi connectivity index (χ0) is 20.5. The summed E-state index contributed by atoms with van der Waals surface area (Å²) in [6, 6.07) is 2.15. The number of fused-ring (bicyclic) bond motifs is 1. The van der Waals surface area contributed by atoms with Crippen LogP contribution in [0.15, 0.2) is 0 Å². The maximum atomic E-state index is 2.88. The highest BCUT2D eigenvalue weighted by molar-refractivity contribution is 5.10. The smallest absolute Gasteiger partial charge is 0.0183 e. The Labute approximate surface area is 170 Å². The zero-order valence-corrected chi connectivity index (χ0v) is 20.3. The fourth-order valence-corrected chi connectivity index (χ4v) is 7.39. The molecule has 3 rings (SSSR count). The third-order valence-corrected chi connectivity index (χ3v) is 8.64. The van der Waals surface area contributed by atoms with E-state index in [0.717, 1.165) is 29.7 Å². The Hall–Kier alpha value is -0.0800. The Morgan fingerprint density at radius 1 is 0.852 bits per heavy atom. The second kappa shape index (κ2) is 6.73. The molecule has 0 N–H and O–H groups in total. The van der Waals surface area contributed by atoms with Crippen LogP contribution >= 0.6 is 0 Å². The van der Waals surface area contributed by atoms with Crippen molar-refractivity contribution in [3.63, 3.8) is 0 Å². The molecule has 0 amide bonds. The molecule has 2 nitrogen and oxygen atoms in total. The third kappa shape index (κ3) is 3.87. The minimum atomic E-state index is 0.282. The van der Waals surface area contributed by atoms with Gasteiger partial charge in [0.1, 0.15) is 0 Å². The van der Waals surface area contributed by atoms with Crippen LogP contribution in [-0.2, 0) is 0 Å². The van der Waals surface area contributed by atoms with Gasteiger partial charge in [-0.2, -0.15) is 0 Å². The largest absolute Gasteiger partial charge is 0.299 e. The molecule has 0 aromatic heterocycles. The second-order valence-corrected chi connectivity index (χ2v) is 13.2. The summed E-state index contributed by atoms with van der Waals surface area (Å²) in [5, 5.41) is 0. The second-order valence-electron chi connectivity index (χ2n) is 13.2. The summed E-state index contributed by atoms with van der Waals surface area (Å²) in [6.07, 6.45) is 4.25. The topological polar surface area (TPSA) is 6.48 Å². The summed E-state index contributed by atoms with van der Waals surface area (Å²) in [4.78, 5) is 5.65. The van der Waals surface area contributed by atoms with Gasteiger partial charge in [0, 0.05) is 23.7 Å². The Morgan fingerprint density at radius 2 is 1.44 bits per heavy atom. The van der Waals surface area contributed by atoms with Gasteiger partial charge in [0.05, 0.1) is 0 Å². The van der Waals surface area contributed by atoms with Gasteiger partial charge in [-0.3, -0.25) is 9.80 Å².